The van der Waals surface area contributed by atoms with Crippen LogP contribution < -0.4 is 10.6 Å². The molecule has 2 aliphatic rings. The molecular formula is C14H16F2N2O2. The smallest absolute Gasteiger partial charge is 0.248 e. The van der Waals surface area contributed by atoms with Crippen LogP contribution >= 0.6 is 0 Å². The molecule has 2 aliphatic heterocycles. The predicted molar refractivity (Wildman–Crippen MR) is 69.2 cm³/mol. The molecule has 6 heteroatoms. The van der Waals surface area contributed by atoms with Gasteiger partial charge in [-0.2, -0.15) is 0 Å². The first-order valence-corrected chi connectivity index (χ1v) is 6.71. The number of halogens is 2. The molecule has 2 N–H and O–H groups in total. The average Bonchev–Trinajstić information content (AvgIpc) is 2.65. The minimum Gasteiger partial charge on any atom is -0.381 e. The molecular weight excluding hydrogens is 266 g/mol. The lowest BCUT2D eigenvalue weighted by Gasteiger charge is -2.27. The fourth-order valence-corrected chi connectivity index (χ4v) is 2.89. The van der Waals surface area contributed by atoms with E-state index in [4.69, 9.17) is 10.5 Å². The van der Waals surface area contributed by atoms with Crippen LogP contribution in [0, 0.1) is 17.6 Å². The number of nitrogens with zero attached hydrogens (tertiary/aromatic N) is 1. The average molecular weight is 282 g/mol. The van der Waals surface area contributed by atoms with Crippen molar-refractivity contribution in [1.82, 2.24) is 0 Å². The van der Waals surface area contributed by atoms with Crippen LogP contribution in [0.5, 0.6) is 0 Å². The van der Waals surface area contributed by atoms with Crippen molar-refractivity contribution in [2.75, 3.05) is 24.7 Å². The minimum absolute atomic E-state index is 0.100. The third-order valence-corrected chi connectivity index (χ3v) is 3.99. The van der Waals surface area contributed by atoms with Crippen molar-refractivity contribution in [2.45, 2.75) is 18.9 Å². The summed E-state index contributed by atoms with van der Waals surface area (Å²) in [6.07, 6.45) is 1.68. The van der Waals surface area contributed by atoms with E-state index < -0.39 is 17.7 Å². The fourth-order valence-electron chi connectivity index (χ4n) is 2.89. The van der Waals surface area contributed by atoms with Gasteiger partial charge in [0.2, 0.25) is 5.91 Å². The molecule has 4 nitrogen and oxygen atoms in total. The van der Waals surface area contributed by atoms with Gasteiger partial charge in [-0.15, -0.1) is 0 Å². The van der Waals surface area contributed by atoms with Gasteiger partial charge >= 0.3 is 0 Å². The lowest BCUT2D eigenvalue weighted by atomic mass is 9.99. The van der Waals surface area contributed by atoms with E-state index in [-0.39, 0.29) is 23.1 Å². The normalized spacial score (nSPS) is 23.2. The molecule has 1 aromatic rings. The summed E-state index contributed by atoms with van der Waals surface area (Å²) < 4.78 is 32.5. The fraction of sp³-hybridized carbons (Fsp3) is 0.500. The highest BCUT2D eigenvalue weighted by molar-refractivity contribution is 6.04. The van der Waals surface area contributed by atoms with Crippen LogP contribution in [0.25, 0.3) is 0 Å². The number of ether oxygens (including phenoxy) is 1. The number of fused-ring (bicyclic) bond motifs is 1. The van der Waals surface area contributed by atoms with Crippen molar-refractivity contribution in [1.29, 1.82) is 0 Å². The summed E-state index contributed by atoms with van der Waals surface area (Å²) in [5.74, 6) is -1.54. The van der Waals surface area contributed by atoms with Gasteiger partial charge in [-0.1, -0.05) is 0 Å². The highest BCUT2D eigenvalue weighted by Gasteiger charge is 2.38. The molecule has 1 unspecified atom stereocenters. The number of carbonyl (C=O) groups is 1. The zero-order chi connectivity index (χ0) is 14.3. The Morgan fingerprint density at radius 2 is 2.00 bits per heavy atom. The number of nitrogens with two attached hydrogens (primary N) is 1. The molecule has 3 rings (SSSR count). The van der Waals surface area contributed by atoms with E-state index in [0.29, 0.717) is 19.8 Å². The van der Waals surface area contributed by atoms with Gasteiger partial charge in [-0.25, -0.2) is 8.78 Å². The van der Waals surface area contributed by atoms with E-state index in [1.807, 2.05) is 0 Å². The van der Waals surface area contributed by atoms with Crippen LogP contribution in [0.15, 0.2) is 12.1 Å². The molecule has 108 valence electrons. The van der Waals surface area contributed by atoms with Gasteiger partial charge in [0, 0.05) is 31.4 Å². The maximum Gasteiger partial charge on any atom is 0.248 e. The number of anilines is 1. The van der Waals surface area contributed by atoms with E-state index in [0.717, 1.165) is 18.9 Å². The summed E-state index contributed by atoms with van der Waals surface area (Å²) in [7, 11) is 0. The van der Waals surface area contributed by atoms with Crippen LogP contribution in [0.2, 0.25) is 0 Å². The molecule has 0 saturated carbocycles. The van der Waals surface area contributed by atoms with E-state index in [9.17, 15) is 13.6 Å². The van der Waals surface area contributed by atoms with Crippen LogP contribution in [-0.4, -0.2) is 25.7 Å². The number of carbonyl (C=O) groups excluding carboxylic acids is 1. The Labute approximate surface area is 115 Å². The van der Waals surface area contributed by atoms with Crippen molar-refractivity contribution < 1.29 is 18.3 Å². The Morgan fingerprint density at radius 1 is 1.30 bits per heavy atom. The second-order valence-electron chi connectivity index (χ2n) is 5.30. The van der Waals surface area contributed by atoms with Gasteiger partial charge in [0.15, 0.2) is 0 Å². The monoisotopic (exact) mass is 282 g/mol. The number of hydrogen-bond acceptors (Lipinski definition) is 3. The summed E-state index contributed by atoms with van der Waals surface area (Å²) in [5.41, 5.74) is 6.13. The molecule has 1 atom stereocenters. The van der Waals surface area contributed by atoms with E-state index in [1.165, 1.54) is 11.0 Å². The third kappa shape index (κ3) is 2.19. The summed E-state index contributed by atoms with van der Waals surface area (Å²) in [6, 6.07) is 0.914. The Hall–Kier alpha value is -1.53. The second kappa shape index (κ2) is 5.10. The van der Waals surface area contributed by atoms with Gasteiger partial charge in [-0.3, -0.25) is 4.79 Å². The Bertz CT molecular complexity index is 544. The van der Waals surface area contributed by atoms with Crippen molar-refractivity contribution in [2.24, 2.45) is 11.7 Å². The first-order chi connectivity index (χ1) is 9.58. The zero-order valence-corrected chi connectivity index (χ0v) is 10.9. The summed E-state index contributed by atoms with van der Waals surface area (Å²) in [4.78, 5) is 13.6. The maximum absolute atomic E-state index is 13.8. The Kier molecular flexibility index (Phi) is 3.43. The van der Waals surface area contributed by atoms with Crippen molar-refractivity contribution in [3.05, 3.63) is 29.3 Å². The zero-order valence-electron chi connectivity index (χ0n) is 10.9. The topological polar surface area (TPSA) is 55.6 Å². The lowest BCUT2D eigenvalue weighted by Crippen LogP contribution is -2.37. The molecule has 0 aliphatic carbocycles. The second-order valence-corrected chi connectivity index (χ2v) is 5.30. The van der Waals surface area contributed by atoms with Crippen LogP contribution in [0.1, 0.15) is 24.4 Å². The predicted octanol–water partition coefficient (Wildman–Crippen LogP) is 1.74. The van der Waals surface area contributed by atoms with Crippen molar-refractivity contribution in [3.8, 4) is 0 Å². The molecule has 0 bridgehead atoms. The molecule has 0 radical (unpaired) electrons. The van der Waals surface area contributed by atoms with E-state index in [2.05, 4.69) is 0 Å². The first-order valence-electron chi connectivity index (χ1n) is 6.71. The number of benzene rings is 1. The maximum atomic E-state index is 13.8. The summed E-state index contributed by atoms with van der Waals surface area (Å²) in [5, 5.41) is 0. The molecule has 0 spiro atoms. The molecule has 1 aromatic carbocycles. The number of amides is 1. The Morgan fingerprint density at radius 3 is 2.70 bits per heavy atom. The van der Waals surface area contributed by atoms with Crippen LogP contribution in [0.4, 0.5) is 14.5 Å². The molecule has 0 aromatic heterocycles. The number of rotatable bonds is 2. The quantitative estimate of drug-likeness (QED) is 0.899. The highest BCUT2D eigenvalue weighted by Crippen LogP contribution is 2.38. The number of hydrogen-bond donors (Lipinski definition) is 1. The molecule has 20 heavy (non-hydrogen) atoms. The molecule has 1 saturated heterocycles. The van der Waals surface area contributed by atoms with Crippen molar-refractivity contribution in [3.63, 3.8) is 0 Å². The standard InChI is InChI=1S/C14H16F2N2O2/c15-9-5-10(16)12-11(6-9)18(14(19)13(12)17)7-8-1-3-20-4-2-8/h5-6,8,13H,1-4,7,17H2. The van der Waals surface area contributed by atoms with Gasteiger partial charge in [0.25, 0.3) is 0 Å². The van der Waals surface area contributed by atoms with Gasteiger partial charge in [0.05, 0.1) is 5.69 Å². The van der Waals surface area contributed by atoms with Gasteiger partial charge < -0.3 is 15.4 Å². The highest BCUT2D eigenvalue weighted by atomic mass is 19.1. The summed E-state index contributed by atoms with van der Waals surface area (Å²) >= 11 is 0. The van der Waals surface area contributed by atoms with E-state index >= 15 is 0 Å². The lowest BCUT2D eigenvalue weighted by molar-refractivity contribution is -0.119. The Balaban J connectivity index is 1.91. The van der Waals surface area contributed by atoms with Gasteiger partial charge in [0.1, 0.15) is 17.7 Å². The minimum atomic E-state index is -1.04. The first kappa shape index (κ1) is 13.5. The van der Waals surface area contributed by atoms with Crippen LogP contribution in [0.3, 0.4) is 0 Å². The van der Waals surface area contributed by atoms with E-state index in [1.54, 1.807) is 0 Å². The van der Waals surface area contributed by atoms with Crippen molar-refractivity contribution >= 4 is 11.6 Å². The molecule has 1 amide bonds. The molecule has 1 fully saturated rings. The van der Waals surface area contributed by atoms with Crippen LogP contribution in [-0.2, 0) is 9.53 Å². The largest absolute Gasteiger partial charge is 0.381 e. The third-order valence-electron chi connectivity index (χ3n) is 3.99. The van der Waals surface area contributed by atoms with Gasteiger partial charge in [-0.05, 0) is 24.8 Å². The SMILES string of the molecule is NC1C(=O)N(CC2CCOCC2)c2cc(F)cc(F)c21. The summed E-state index contributed by atoms with van der Waals surface area (Å²) in [6.45, 7) is 1.75. The molecule has 2 heterocycles.